The van der Waals surface area contributed by atoms with Crippen LogP contribution in [0.4, 0.5) is 5.69 Å². The number of nitrogens with one attached hydrogen (secondary N) is 1. The molecule has 1 N–H and O–H groups in total. The molecule has 0 unspecified atom stereocenters. The number of carbonyl (C=O) groups excluding carboxylic acids is 1. The van der Waals surface area contributed by atoms with Crippen molar-refractivity contribution in [2.45, 2.75) is 6.61 Å². The molecule has 0 aliphatic rings. The largest absolute Gasteiger partial charge is 0.489 e. The van der Waals surface area contributed by atoms with Gasteiger partial charge in [0.15, 0.2) is 6.61 Å². The molecule has 0 aliphatic heterocycles. The smallest absolute Gasteiger partial charge is 0.262 e. The van der Waals surface area contributed by atoms with Gasteiger partial charge in [0, 0.05) is 5.69 Å². The lowest BCUT2D eigenvalue weighted by molar-refractivity contribution is -0.118. The highest BCUT2D eigenvalue weighted by Crippen LogP contribution is 2.17. The van der Waals surface area contributed by atoms with Crippen LogP contribution in [0.25, 0.3) is 0 Å². The first-order valence-electron chi connectivity index (χ1n) is 8.04. The van der Waals surface area contributed by atoms with E-state index in [0.717, 1.165) is 11.3 Å². The second-order valence-electron chi connectivity index (χ2n) is 5.45. The monoisotopic (exact) mass is 333 g/mol. The molecule has 0 radical (unpaired) electrons. The van der Waals surface area contributed by atoms with Crippen LogP contribution in [0.3, 0.4) is 0 Å². The Bertz CT molecular complexity index is 786. The molecule has 3 aromatic rings. The molecule has 0 saturated carbocycles. The van der Waals surface area contributed by atoms with Gasteiger partial charge in [-0.05, 0) is 42.0 Å². The maximum atomic E-state index is 11.9. The lowest BCUT2D eigenvalue weighted by Gasteiger charge is -2.09. The molecule has 3 aromatic carbocycles. The lowest BCUT2D eigenvalue weighted by Crippen LogP contribution is -2.20. The molecule has 0 fully saturated rings. The number of amides is 1. The van der Waals surface area contributed by atoms with Gasteiger partial charge in [-0.2, -0.15) is 0 Å². The van der Waals surface area contributed by atoms with Crippen LogP contribution in [0.2, 0.25) is 0 Å². The first-order chi connectivity index (χ1) is 12.3. The Balaban J connectivity index is 1.46. The fourth-order valence-corrected chi connectivity index (χ4v) is 2.24. The molecule has 126 valence electrons. The van der Waals surface area contributed by atoms with Gasteiger partial charge >= 0.3 is 0 Å². The minimum Gasteiger partial charge on any atom is -0.489 e. The van der Waals surface area contributed by atoms with E-state index in [4.69, 9.17) is 9.47 Å². The predicted molar refractivity (Wildman–Crippen MR) is 97.8 cm³/mol. The van der Waals surface area contributed by atoms with Gasteiger partial charge in [0.1, 0.15) is 18.1 Å². The molecule has 0 spiro atoms. The van der Waals surface area contributed by atoms with Crippen LogP contribution >= 0.6 is 0 Å². The molecule has 25 heavy (non-hydrogen) atoms. The summed E-state index contributed by atoms with van der Waals surface area (Å²) in [4.78, 5) is 11.9. The van der Waals surface area contributed by atoms with Gasteiger partial charge in [0.05, 0.1) is 0 Å². The molecule has 0 saturated heterocycles. The molecular weight excluding hydrogens is 314 g/mol. The van der Waals surface area contributed by atoms with Gasteiger partial charge in [0.2, 0.25) is 0 Å². The molecule has 4 heteroatoms. The number of para-hydroxylation sites is 1. The Labute approximate surface area is 147 Å². The van der Waals surface area contributed by atoms with Gasteiger partial charge < -0.3 is 14.8 Å². The molecule has 0 bridgehead atoms. The zero-order chi connectivity index (χ0) is 17.3. The number of anilines is 1. The standard InChI is InChI=1S/C21H19NO3/c23-21(16-25-19-9-5-2-6-10-19)22-18-11-13-20(14-12-18)24-15-17-7-3-1-4-8-17/h1-14H,15-16H2,(H,22,23). The number of rotatable bonds is 7. The van der Waals surface area contributed by atoms with Crippen LogP contribution in [0.15, 0.2) is 84.9 Å². The number of benzene rings is 3. The Morgan fingerprint density at radius 2 is 1.32 bits per heavy atom. The van der Waals surface area contributed by atoms with Crippen molar-refractivity contribution < 1.29 is 14.3 Å². The molecule has 0 aliphatic carbocycles. The average Bonchev–Trinajstić information content (AvgIpc) is 2.67. The summed E-state index contributed by atoms with van der Waals surface area (Å²) in [7, 11) is 0. The third-order valence-electron chi connectivity index (χ3n) is 3.50. The van der Waals surface area contributed by atoms with Gasteiger partial charge in [0.25, 0.3) is 5.91 Å². The van der Waals surface area contributed by atoms with E-state index in [1.807, 2.05) is 72.8 Å². The van der Waals surface area contributed by atoms with Crippen LogP contribution < -0.4 is 14.8 Å². The summed E-state index contributed by atoms with van der Waals surface area (Å²) in [6.45, 7) is 0.480. The second kappa shape index (κ2) is 8.55. The lowest BCUT2D eigenvalue weighted by atomic mass is 10.2. The zero-order valence-electron chi connectivity index (χ0n) is 13.7. The van der Waals surface area contributed by atoms with Gasteiger partial charge in [-0.25, -0.2) is 0 Å². The van der Waals surface area contributed by atoms with E-state index in [1.54, 1.807) is 12.1 Å². The summed E-state index contributed by atoms with van der Waals surface area (Å²) in [5.74, 6) is 1.21. The van der Waals surface area contributed by atoms with Crippen LogP contribution in [0.5, 0.6) is 11.5 Å². The third kappa shape index (κ3) is 5.39. The van der Waals surface area contributed by atoms with E-state index in [1.165, 1.54) is 0 Å². The van der Waals surface area contributed by atoms with Crippen LogP contribution in [0.1, 0.15) is 5.56 Å². The minimum atomic E-state index is -0.207. The van der Waals surface area contributed by atoms with E-state index < -0.39 is 0 Å². The molecular formula is C21H19NO3. The molecule has 0 aromatic heterocycles. The average molecular weight is 333 g/mol. The van der Waals surface area contributed by atoms with E-state index in [0.29, 0.717) is 18.0 Å². The summed E-state index contributed by atoms with van der Waals surface area (Å²) < 4.78 is 11.1. The quantitative estimate of drug-likeness (QED) is 0.702. The Kier molecular flexibility index (Phi) is 5.67. The van der Waals surface area contributed by atoms with Crippen molar-refractivity contribution in [1.82, 2.24) is 0 Å². The predicted octanol–water partition coefficient (Wildman–Crippen LogP) is 4.28. The number of hydrogen-bond acceptors (Lipinski definition) is 3. The topological polar surface area (TPSA) is 47.6 Å². The number of carbonyl (C=O) groups is 1. The highest BCUT2D eigenvalue weighted by atomic mass is 16.5. The summed E-state index contributed by atoms with van der Waals surface area (Å²) in [6.07, 6.45) is 0. The van der Waals surface area contributed by atoms with E-state index in [9.17, 15) is 4.79 Å². The van der Waals surface area contributed by atoms with E-state index >= 15 is 0 Å². The molecule has 0 heterocycles. The van der Waals surface area contributed by atoms with E-state index in [-0.39, 0.29) is 12.5 Å². The van der Waals surface area contributed by atoms with Crippen molar-refractivity contribution in [3.8, 4) is 11.5 Å². The highest BCUT2D eigenvalue weighted by molar-refractivity contribution is 5.91. The summed E-state index contributed by atoms with van der Waals surface area (Å²) in [5.41, 5.74) is 1.81. The molecule has 4 nitrogen and oxygen atoms in total. The first-order valence-corrected chi connectivity index (χ1v) is 8.04. The Morgan fingerprint density at radius 3 is 2.00 bits per heavy atom. The number of hydrogen-bond donors (Lipinski definition) is 1. The van der Waals surface area contributed by atoms with Crippen molar-refractivity contribution >= 4 is 11.6 Å². The van der Waals surface area contributed by atoms with Gasteiger partial charge in [-0.1, -0.05) is 48.5 Å². The maximum Gasteiger partial charge on any atom is 0.262 e. The van der Waals surface area contributed by atoms with Crippen molar-refractivity contribution in [2.24, 2.45) is 0 Å². The second-order valence-corrected chi connectivity index (χ2v) is 5.45. The Morgan fingerprint density at radius 1 is 0.720 bits per heavy atom. The van der Waals surface area contributed by atoms with Crippen molar-refractivity contribution in [3.63, 3.8) is 0 Å². The fourth-order valence-electron chi connectivity index (χ4n) is 2.24. The number of ether oxygens (including phenoxy) is 2. The first kappa shape index (κ1) is 16.6. The molecule has 3 rings (SSSR count). The van der Waals surface area contributed by atoms with Gasteiger partial charge in [-0.15, -0.1) is 0 Å². The van der Waals surface area contributed by atoms with Gasteiger partial charge in [-0.3, -0.25) is 4.79 Å². The van der Waals surface area contributed by atoms with Crippen molar-refractivity contribution in [2.75, 3.05) is 11.9 Å². The van der Waals surface area contributed by atoms with Crippen LogP contribution in [-0.2, 0) is 11.4 Å². The SMILES string of the molecule is O=C(COc1ccccc1)Nc1ccc(OCc2ccccc2)cc1. The third-order valence-corrected chi connectivity index (χ3v) is 3.50. The van der Waals surface area contributed by atoms with Crippen molar-refractivity contribution in [3.05, 3.63) is 90.5 Å². The van der Waals surface area contributed by atoms with Crippen LogP contribution in [0, 0.1) is 0 Å². The minimum absolute atomic E-state index is 0.0315. The highest BCUT2D eigenvalue weighted by Gasteiger charge is 2.04. The summed E-state index contributed by atoms with van der Waals surface area (Å²) in [6, 6.07) is 26.5. The maximum absolute atomic E-state index is 11.9. The fraction of sp³-hybridized carbons (Fsp3) is 0.0952. The molecule has 0 atom stereocenters. The van der Waals surface area contributed by atoms with Crippen molar-refractivity contribution in [1.29, 1.82) is 0 Å². The van der Waals surface area contributed by atoms with Crippen LogP contribution in [-0.4, -0.2) is 12.5 Å². The van der Waals surface area contributed by atoms with E-state index in [2.05, 4.69) is 5.32 Å². The zero-order valence-corrected chi connectivity index (χ0v) is 13.7. The summed E-state index contributed by atoms with van der Waals surface area (Å²) >= 11 is 0. The Hall–Kier alpha value is -3.27. The summed E-state index contributed by atoms with van der Waals surface area (Å²) in [5, 5.41) is 2.79. The normalized spacial score (nSPS) is 10.1. The molecule has 1 amide bonds.